The van der Waals surface area contributed by atoms with Crippen molar-refractivity contribution in [2.45, 2.75) is 25.9 Å². The predicted octanol–water partition coefficient (Wildman–Crippen LogP) is 2.64. The molecular weight excluding hydrogens is 238 g/mol. The van der Waals surface area contributed by atoms with E-state index in [0.29, 0.717) is 6.10 Å². The quantitative estimate of drug-likeness (QED) is 0.880. The number of nitrogens with one attached hydrogen (secondary N) is 1. The van der Waals surface area contributed by atoms with E-state index in [1.54, 1.807) is 0 Å². The average molecular weight is 258 g/mol. The second-order valence-corrected chi connectivity index (χ2v) is 4.05. The molecule has 0 aromatic heterocycles. The third-order valence-electron chi connectivity index (χ3n) is 2.61. The highest BCUT2D eigenvalue weighted by Gasteiger charge is 2.15. The lowest BCUT2D eigenvalue weighted by Crippen LogP contribution is -2.19. The van der Waals surface area contributed by atoms with Crippen LogP contribution in [0.2, 0.25) is 0 Å². The van der Waals surface area contributed by atoms with Gasteiger partial charge in [0.1, 0.15) is 17.6 Å². The number of hydrogen-bond acceptors (Lipinski definition) is 3. The molecule has 1 atom stereocenters. The van der Waals surface area contributed by atoms with Crippen molar-refractivity contribution in [3.05, 3.63) is 24.3 Å². The Balaban J connectivity index is 0.00000144. The van der Waals surface area contributed by atoms with Crippen molar-refractivity contribution < 1.29 is 9.47 Å². The van der Waals surface area contributed by atoms with E-state index in [-0.39, 0.29) is 12.4 Å². The van der Waals surface area contributed by atoms with Gasteiger partial charge in [-0.25, -0.2) is 0 Å². The minimum Gasteiger partial charge on any atom is -0.494 e. The molecule has 0 spiro atoms. The summed E-state index contributed by atoms with van der Waals surface area (Å²) in [5, 5.41) is 3.28. The van der Waals surface area contributed by atoms with Gasteiger partial charge in [-0.05, 0) is 43.7 Å². The van der Waals surface area contributed by atoms with E-state index >= 15 is 0 Å². The van der Waals surface area contributed by atoms with Crippen molar-refractivity contribution in [2.24, 2.45) is 0 Å². The summed E-state index contributed by atoms with van der Waals surface area (Å²) in [5.41, 5.74) is 0. The fourth-order valence-corrected chi connectivity index (χ4v) is 1.76. The lowest BCUT2D eigenvalue weighted by atomic mass is 10.3. The lowest BCUT2D eigenvalue weighted by molar-refractivity contribution is 0.222. The van der Waals surface area contributed by atoms with Crippen LogP contribution in [0.3, 0.4) is 0 Å². The minimum atomic E-state index is 0. The summed E-state index contributed by atoms with van der Waals surface area (Å²) in [6.07, 6.45) is 2.45. The molecule has 0 bridgehead atoms. The van der Waals surface area contributed by atoms with Crippen molar-refractivity contribution in [3.8, 4) is 11.5 Å². The van der Waals surface area contributed by atoms with Crippen LogP contribution in [0, 0.1) is 0 Å². The molecule has 0 saturated carbocycles. The van der Waals surface area contributed by atoms with Crippen LogP contribution in [0.4, 0.5) is 0 Å². The Kier molecular flexibility index (Phi) is 6.16. The number of hydrogen-bond donors (Lipinski definition) is 1. The van der Waals surface area contributed by atoms with E-state index in [0.717, 1.165) is 44.0 Å². The van der Waals surface area contributed by atoms with Gasteiger partial charge in [-0.3, -0.25) is 0 Å². The number of rotatable bonds is 5. The Bertz CT molecular complexity index is 310. The highest BCUT2D eigenvalue weighted by atomic mass is 35.5. The van der Waals surface area contributed by atoms with Crippen LogP contribution in [-0.2, 0) is 0 Å². The maximum atomic E-state index is 5.82. The van der Waals surface area contributed by atoms with Gasteiger partial charge >= 0.3 is 0 Å². The molecule has 1 heterocycles. The smallest absolute Gasteiger partial charge is 0.120 e. The maximum absolute atomic E-state index is 5.82. The SMILES string of the molecule is CCCOc1ccc(OC2CCNC2)cc1.Cl. The van der Waals surface area contributed by atoms with Gasteiger partial charge in [0, 0.05) is 6.54 Å². The van der Waals surface area contributed by atoms with Crippen LogP contribution in [-0.4, -0.2) is 25.8 Å². The molecule has 1 aliphatic heterocycles. The first-order valence-electron chi connectivity index (χ1n) is 5.98. The normalized spacial score (nSPS) is 18.5. The van der Waals surface area contributed by atoms with E-state index in [4.69, 9.17) is 9.47 Å². The molecule has 1 aromatic rings. The van der Waals surface area contributed by atoms with E-state index in [1.807, 2.05) is 24.3 Å². The Morgan fingerprint density at radius 2 is 1.94 bits per heavy atom. The first-order valence-corrected chi connectivity index (χ1v) is 5.98. The number of ether oxygens (including phenoxy) is 2. The van der Waals surface area contributed by atoms with E-state index in [2.05, 4.69) is 12.2 Å². The summed E-state index contributed by atoms with van der Waals surface area (Å²) in [7, 11) is 0. The highest BCUT2D eigenvalue weighted by Crippen LogP contribution is 2.19. The second-order valence-electron chi connectivity index (χ2n) is 4.05. The van der Waals surface area contributed by atoms with Crippen LogP contribution < -0.4 is 14.8 Å². The standard InChI is InChI=1S/C13H19NO2.ClH/c1-2-9-15-11-3-5-12(6-4-11)16-13-7-8-14-10-13;/h3-6,13-14H,2,7-10H2,1H3;1H. The van der Waals surface area contributed by atoms with Crippen LogP contribution in [0.1, 0.15) is 19.8 Å². The van der Waals surface area contributed by atoms with Crippen LogP contribution in [0.5, 0.6) is 11.5 Å². The van der Waals surface area contributed by atoms with E-state index in [9.17, 15) is 0 Å². The molecule has 1 fully saturated rings. The van der Waals surface area contributed by atoms with Crippen LogP contribution in [0.15, 0.2) is 24.3 Å². The van der Waals surface area contributed by atoms with Gasteiger partial charge in [0.15, 0.2) is 0 Å². The molecule has 17 heavy (non-hydrogen) atoms. The molecule has 0 aliphatic carbocycles. The highest BCUT2D eigenvalue weighted by molar-refractivity contribution is 5.85. The Hall–Kier alpha value is -0.930. The monoisotopic (exact) mass is 257 g/mol. The Labute approximate surface area is 109 Å². The third kappa shape index (κ3) is 4.44. The fraction of sp³-hybridized carbons (Fsp3) is 0.538. The van der Waals surface area contributed by atoms with Crippen molar-refractivity contribution in [1.29, 1.82) is 0 Å². The molecule has 1 N–H and O–H groups in total. The first kappa shape index (κ1) is 14.1. The van der Waals surface area contributed by atoms with Crippen molar-refractivity contribution >= 4 is 12.4 Å². The predicted molar refractivity (Wildman–Crippen MR) is 71.4 cm³/mol. The van der Waals surface area contributed by atoms with Gasteiger partial charge in [-0.1, -0.05) is 6.92 Å². The molecule has 1 aliphatic rings. The molecule has 1 saturated heterocycles. The average Bonchev–Trinajstić information content (AvgIpc) is 2.81. The van der Waals surface area contributed by atoms with Crippen molar-refractivity contribution in [2.75, 3.05) is 19.7 Å². The largest absolute Gasteiger partial charge is 0.494 e. The van der Waals surface area contributed by atoms with Gasteiger partial charge in [0.05, 0.1) is 6.61 Å². The summed E-state index contributed by atoms with van der Waals surface area (Å²) in [5.74, 6) is 1.84. The van der Waals surface area contributed by atoms with Gasteiger partial charge < -0.3 is 14.8 Å². The third-order valence-corrected chi connectivity index (χ3v) is 2.61. The molecule has 4 heteroatoms. The zero-order chi connectivity index (χ0) is 11.2. The van der Waals surface area contributed by atoms with Gasteiger partial charge in [-0.15, -0.1) is 12.4 Å². The molecule has 1 aromatic carbocycles. The maximum Gasteiger partial charge on any atom is 0.120 e. The molecule has 96 valence electrons. The zero-order valence-electron chi connectivity index (χ0n) is 10.1. The Morgan fingerprint density at radius 3 is 2.53 bits per heavy atom. The van der Waals surface area contributed by atoms with Gasteiger partial charge in [-0.2, -0.15) is 0 Å². The van der Waals surface area contributed by atoms with Gasteiger partial charge in [0.2, 0.25) is 0 Å². The summed E-state index contributed by atoms with van der Waals surface area (Å²) in [6, 6.07) is 7.88. The molecule has 2 rings (SSSR count). The van der Waals surface area contributed by atoms with Gasteiger partial charge in [0.25, 0.3) is 0 Å². The molecule has 0 radical (unpaired) electrons. The van der Waals surface area contributed by atoms with Crippen LogP contribution >= 0.6 is 12.4 Å². The second kappa shape index (κ2) is 7.41. The molecule has 0 amide bonds. The van der Waals surface area contributed by atoms with Crippen molar-refractivity contribution in [1.82, 2.24) is 5.32 Å². The lowest BCUT2D eigenvalue weighted by Gasteiger charge is -2.12. The van der Waals surface area contributed by atoms with E-state index in [1.165, 1.54) is 0 Å². The molecule has 3 nitrogen and oxygen atoms in total. The minimum absolute atomic E-state index is 0. The molecular formula is C13H20ClNO2. The van der Waals surface area contributed by atoms with Crippen molar-refractivity contribution in [3.63, 3.8) is 0 Å². The Morgan fingerprint density at radius 1 is 1.24 bits per heavy atom. The summed E-state index contributed by atoms with van der Waals surface area (Å²) in [4.78, 5) is 0. The first-order chi connectivity index (χ1) is 7.88. The number of halogens is 1. The van der Waals surface area contributed by atoms with E-state index < -0.39 is 0 Å². The number of benzene rings is 1. The summed E-state index contributed by atoms with van der Waals surface area (Å²) < 4.78 is 11.3. The topological polar surface area (TPSA) is 30.5 Å². The summed E-state index contributed by atoms with van der Waals surface area (Å²) >= 11 is 0. The fourth-order valence-electron chi connectivity index (χ4n) is 1.76. The zero-order valence-corrected chi connectivity index (χ0v) is 11.0. The van der Waals surface area contributed by atoms with Crippen LogP contribution in [0.25, 0.3) is 0 Å². The molecule has 1 unspecified atom stereocenters. The summed E-state index contributed by atoms with van der Waals surface area (Å²) in [6.45, 7) is 4.88.